The molecular formula is C26H50O4. The van der Waals surface area contributed by atoms with Crippen molar-refractivity contribution in [2.45, 2.75) is 137 Å². The number of carbonyl (C=O) groups is 2. The summed E-state index contributed by atoms with van der Waals surface area (Å²) in [4.78, 5) is 23.4. The van der Waals surface area contributed by atoms with Crippen LogP contribution in [0.3, 0.4) is 0 Å². The quantitative estimate of drug-likeness (QED) is 0.147. The molecule has 0 aliphatic rings. The summed E-state index contributed by atoms with van der Waals surface area (Å²) in [5.41, 5.74) is 0.0321. The number of rotatable bonds is 20. The Bertz CT molecular complexity index is 412. The first-order chi connectivity index (χ1) is 14.3. The predicted molar refractivity (Wildman–Crippen MR) is 126 cm³/mol. The molecule has 0 bridgehead atoms. The largest absolute Gasteiger partial charge is 0.466 e. The van der Waals surface area contributed by atoms with E-state index in [-0.39, 0.29) is 17.4 Å². The van der Waals surface area contributed by atoms with Crippen LogP contribution in [-0.4, -0.2) is 25.2 Å². The fourth-order valence-corrected chi connectivity index (χ4v) is 3.29. The van der Waals surface area contributed by atoms with Crippen molar-refractivity contribution in [2.24, 2.45) is 5.41 Å². The van der Waals surface area contributed by atoms with Crippen molar-refractivity contribution in [3.63, 3.8) is 0 Å². The Hall–Kier alpha value is -1.06. The Morgan fingerprint density at radius 3 is 1.43 bits per heavy atom. The van der Waals surface area contributed by atoms with Crippen molar-refractivity contribution in [1.82, 2.24) is 0 Å². The van der Waals surface area contributed by atoms with Crippen LogP contribution in [0.1, 0.15) is 137 Å². The average molecular weight is 427 g/mol. The van der Waals surface area contributed by atoms with Crippen molar-refractivity contribution in [1.29, 1.82) is 0 Å². The third kappa shape index (κ3) is 23.2. The first-order valence-electron chi connectivity index (χ1n) is 12.7. The third-order valence-corrected chi connectivity index (χ3v) is 5.19. The van der Waals surface area contributed by atoms with Gasteiger partial charge in [0.05, 0.1) is 13.2 Å². The van der Waals surface area contributed by atoms with Gasteiger partial charge in [-0.1, -0.05) is 105 Å². The molecule has 0 unspecified atom stereocenters. The molecule has 0 atom stereocenters. The highest BCUT2D eigenvalue weighted by Gasteiger charge is 2.13. The maximum atomic E-state index is 11.7. The second-order valence-electron chi connectivity index (χ2n) is 9.89. The second-order valence-corrected chi connectivity index (χ2v) is 9.89. The minimum Gasteiger partial charge on any atom is -0.466 e. The van der Waals surface area contributed by atoms with Crippen LogP contribution in [0.2, 0.25) is 0 Å². The molecule has 0 radical (unpaired) electrons. The van der Waals surface area contributed by atoms with Crippen LogP contribution in [0, 0.1) is 5.41 Å². The normalized spacial score (nSPS) is 11.5. The van der Waals surface area contributed by atoms with Gasteiger partial charge >= 0.3 is 11.9 Å². The molecule has 30 heavy (non-hydrogen) atoms. The summed E-state index contributed by atoms with van der Waals surface area (Å²) in [6, 6.07) is 0. The Balaban J connectivity index is 3.29. The van der Waals surface area contributed by atoms with E-state index in [0.29, 0.717) is 26.1 Å². The highest BCUT2D eigenvalue weighted by Crippen LogP contribution is 2.14. The summed E-state index contributed by atoms with van der Waals surface area (Å²) < 4.78 is 10.6. The minimum atomic E-state index is -0.0837. The summed E-state index contributed by atoms with van der Waals surface area (Å²) in [5, 5.41) is 0. The summed E-state index contributed by atoms with van der Waals surface area (Å²) in [7, 11) is 0. The number of hydrogen-bond donors (Lipinski definition) is 0. The van der Waals surface area contributed by atoms with Crippen LogP contribution in [0.5, 0.6) is 0 Å². The Labute approximate surface area is 186 Å². The van der Waals surface area contributed by atoms with Crippen LogP contribution in [0.15, 0.2) is 0 Å². The van der Waals surface area contributed by atoms with Gasteiger partial charge in [0.2, 0.25) is 0 Å². The fourth-order valence-electron chi connectivity index (χ4n) is 3.29. The molecule has 0 N–H and O–H groups in total. The van der Waals surface area contributed by atoms with Crippen molar-refractivity contribution >= 4 is 11.9 Å². The third-order valence-electron chi connectivity index (χ3n) is 5.19. The highest BCUT2D eigenvalue weighted by molar-refractivity contribution is 5.69. The summed E-state index contributed by atoms with van der Waals surface area (Å²) in [6.07, 6.45) is 18.7. The smallest absolute Gasteiger partial charge is 0.305 e. The molecule has 0 heterocycles. The number of carbonyl (C=O) groups excluding carboxylic acids is 2. The molecule has 0 aromatic heterocycles. The SMILES string of the molecule is CCCCCCCCCCCOC(=O)CCCCCCCCC(=O)OCC(C)(C)C. The van der Waals surface area contributed by atoms with Crippen LogP contribution in [-0.2, 0) is 19.1 Å². The van der Waals surface area contributed by atoms with E-state index in [1.165, 1.54) is 51.4 Å². The summed E-state index contributed by atoms with van der Waals surface area (Å²) in [5.74, 6) is -0.129. The van der Waals surface area contributed by atoms with Crippen molar-refractivity contribution in [3.05, 3.63) is 0 Å². The Morgan fingerprint density at radius 2 is 0.967 bits per heavy atom. The molecule has 0 amide bonds. The summed E-state index contributed by atoms with van der Waals surface area (Å²) in [6.45, 7) is 9.51. The minimum absolute atomic E-state index is 0.0321. The molecule has 0 rings (SSSR count). The molecule has 4 heteroatoms. The van der Waals surface area contributed by atoms with E-state index in [9.17, 15) is 9.59 Å². The van der Waals surface area contributed by atoms with Crippen molar-refractivity contribution < 1.29 is 19.1 Å². The monoisotopic (exact) mass is 426 g/mol. The van der Waals surface area contributed by atoms with Crippen molar-refractivity contribution in [2.75, 3.05) is 13.2 Å². The van der Waals surface area contributed by atoms with Gasteiger partial charge in [0, 0.05) is 12.8 Å². The molecule has 0 aliphatic carbocycles. The molecule has 0 spiro atoms. The van der Waals surface area contributed by atoms with E-state index >= 15 is 0 Å². The van der Waals surface area contributed by atoms with Gasteiger partial charge in [0.25, 0.3) is 0 Å². The average Bonchev–Trinajstić information content (AvgIpc) is 2.69. The van der Waals surface area contributed by atoms with E-state index < -0.39 is 0 Å². The first kappa shape index (κ1) is 28.9. The molecule has 0 fully saturated rings. The van der Waals surface area contributed by atoms with Gasteiger partial charge in [0.1, 0.15) is 0 Å². The van der Waals surface area contributed by atoms with E-state index in [1.54, 1.807) is 0 Å². The fraction of sp³-hybridized carbons (Fsp3) is 0.923. The number of esters is 2. The van der Waals surface area contributed by atoms with Gasteiger partial charge in [-0.05, 0) is 24.7 Å². The molecule has 0 aliphatic heterocycles. The second kappa shape index (κ2) is 19.9. The van der Waals surface area contributed by atoms with Gasteiger partial charge in [0.15, 0.2) is 0 Å². The lowest BCUT2D eigenvalue weighted by atomic mass is 9.99. The number of hydrogen-bond acceptors (Lipinski definition) is 4. The lowest BCUT2D eigenvalue weighted by Gasteiger charge is -2.17. The van der Waals surface area contributed by atoms with E-state index in [0.717, 1.165) is 44.9 Å². The zero-order chi connectivity index (χ0) is 22.5. The number of ether oxygens (including phenoxy) is 2. The first-order valence-corrected chi connectivity index (χ1v) is 12.7. The van der Waals surface area contributed by atoms with E-state index in [1.807, 2.05) is 0 Å². The molecule has 0 aromatic rings. The van der Waals surface area contributed by atoms with Gasteiger partial charge in [-0.2, -0.15) is 0 Å². The zero-order valence-electron chi connectivity index (χ0n) is 20.6. The van der Waals surface area contributed by atoms with Crippen LogP contribution in [0.25, 0.3) is 0 Å². The number of unbranched alkanes of at least 4 members (excludes halogenated alkanes) is 13. The molecule has 0 aromatic carbocycles. The molecule has 4 nitrogen and oxygen atoms in total. The molecule has 0 saturated heterocycles. The molecule has 178 valence electrons. The van der Waals surface area contributed by atoms with Crippen LogP contribution in [0.4, 0.5) is 0 Å². The summed E-state index contributed by atoms with van der Waals surface area (Å²) >= 11 is 0. The van der Waals surface area contributed by atoms with E-state index in [2.05, 4.69) is 27.7 Å². The molecular weight excluding hydrogens is 376 g/mol. The zero-order valence-corrected chi connectivity index (χ0v) is 20.6. The van der Waals surface area contributed by atoms with Gasteiger partial charge < -0.3 is 9.47 Å². The lowest BCUT2D eigenvalue weighted by molar-refractivity contribution is -0.146. The Kier molecular flexibility index (Phi) is 19.2. The molecule has 0 saturated carbocycles. The van der Waals surface area contributed by atoms with E-state index in [4.69, 9.17) is 9.47 Å². The highest BCUT2D eigenvalue weighted by atomic mass is 16.5. The van der Waals surface area contributed by atoms with Gasteiger partial charge in [-0.15, -0.1) is 0 Å². The topological polar surface area (TPSA) is 52.6 Å². The Morgan fingerprint density at radius 1 is 0.567 bits per heavy atom. The van der Waals surface area contributed by atoms with Crippen LogP contribution >= 0.6 is 0 Å². The van der Waals surface area contributed by atoms with Gasteiger partial charge in [-0.3, -0.25) is 9.59 Å². The van der Waals surface area contributed by atoms with Crippen molar-refractivity contribution in [3.8, 4) is 0 Å². The maximum Gasteiger partial charge on any atom is 0.305 e. The maximum absolute atomic E-state index is 11.7. The van der Waals surface area contributed by atoms with Crippen LogP contribution < -0.4 is 0 Å². The van der Waals surface area contributed by atoms with Gasteiger partial charge in [-0.25, -0.2) is 0 Å². The lowest BCUT2D eigenvalue weighted by Crippen LogP contribution is -2.18. The standard InChI is InChI=1S/C26H50O4/c1-5-6-7-8-9-10-13-16-19-22-29-24(27)20-17-14-11-12-15-18-21-25(28)30-23-26(2,3)4/h5-23H2,1-4H3. The predicted octanol–water partition coefficient (Wildman–Crippen LogP) is 7.77.